The molecule has 1 aliphatic heterocycles. The Hall–Kier alpha value is -3.05. The van der Waals surface area contributed by atoms with Crippen molar-refractivity contribution in [3.8, 4) is 0 Å². The first-order valence-corrected chi connectivity index (χ1v) is 9.91. The molecule has 0 bridgehead atoms. The van der Waals surface area contributed by atoms with Gasteiger partial charge >= 0.3 is 0 Å². The fraction of sp³-hybridized carbons (Fsp3) is 0.130. The molecule has 3 aromatic carbocycles. The lowest BCUT2D eigenvalue weighted by Gasteiger charge is -2.26. The molecule has 0 spiro atoms. The zero-order valence-corrected chi connectivity index (χ0v) is 16.5. The fourth-order valence-corrected chi connectivity index (χ4v) is 4.51. The molecule has 4 rings (SSSR count). The number of benzene rings is 3. The minimum atomic E-state index is -0.274. The van der Waals surface area contributed by atoms with E-state index in [2.05, 4.69) is 23.5 Å². The zero-order chi connectivity index (χ0) is 19.7. The van der Waals surface area contributed by atoms with Crippen molar-refractivity contribution in [1.29, 1.82) is 0 Å². The van der Waals surface area contributed by atoms with Gasteiger partial charge in [-0.05, 0) is 35.4 Å². The second kappa shape index (κ2) is 7.52. The SMILES string of the molecule is C[C@H](NC(=O)/C=C1/Sc2ccccc2N(C)C1=O)c1cccc2ccccc12. The van der Waals surface area contributed by atoms with Crippen LogP contribution in [0.5, 0.6) is 0 Å². The van der Waals surface area contributed by atoms with E-state index >= 15 is 0 Å². The maximum absolute atomic E-state index is 12.6. The van der Waals surface area contributed by atoms with Gasteiger partial charge in [0.2, 0.25) is 5.91 Å². The summed E-state index contributed by atoms with van der Waals surface area (Å²) in [5.74, 6) is -0.444. The summed E-state index contributed by atoms with van der Waals surface area (Å²) in [7, 11) is 1.73. The number of para-hydroxylation sites is 1. The third-order valence-corrected chi connectivity index (χ3v) is 5.95. The summed E-state index contributed by atoms with van der Waals surface area (Å²) >= 11 is 1.33. The van der Waals surface area contributed by atoms with Gasteiger partial charge in [0.25, 0.3) is 5.91 Å². The van der Waals surface area contributed by atoms with Crippen molar-refractivity contribution in [3.05, 3.63) is 83.3 Å². The number of nitrogens with zero attached hydrogens (tertiary/aromatic N) is 1. The molecule has 0 saturated carbocycles. The third-order valence-electron chi connectivity index (χ3n) is 4.87. The van der Waals surface area contributed by atoms with Gasteiger partial charge < -0.3 is 10.2 Å². The Balaban J connectivity index is 1.56. The van der Waals surface area contributed by atoms with E-state index in [0.29, 0.717) is 4.91 Å². The Kier molecular flexibility index (Phi) is 4.92. The summed E-state index contributed by atoms with van der Waals surface area (Å²) in [6, 6.07) is 21.7. The number of amides is 2. The van der Waals surface area contributed by atoms with Crippen LogP contribution in [0.3, 0.4) is 0 Å². The van der Waals surface area contributed by atoms with Crippen LogP contribution in [0.2, 0.25) is 0 Å². The molecule has 1 atom stereocenters. The molecule has 0 saturated heterocycles. The number of hydrogen-bond acceptors (Lipinski definition) is 3. The van der Waals surface area contributed by atoms with Crippen molar-refractivity contribution in [1.82, 2.24) is 5.32 Å². The standard InChI is InChI=1S/C23H20N2O2S/c1-15(17-11-7-9-16-8-3-4-10-18(16)17)24-22(26)14-21-23(27)25(2)19-12-5-6-13-20(19)28-21/h3-15H,1-2H3,(H,24,26)/b21-14+/t15-/m0/s1. The minimum Gasteiger partial charge on any atom is -0.346 e. The highest BCUT2D eigenvalue weighted by Crippen LogP contribution is 2.40. The Morgan fingerprint density at radius 3 is 2.61 bits per heavy atom. The smallest absolute Gasteiger partial charge is 0.265 e. The van der Waals surface area contributed by atoms with Gasteiger partial charge in [-0.15, -0.1) is 0 Å². The summed E-state index contributed by atoms with van der Waals surface area (Å²) < 4.78 is 0. The average molecular weight is 388 g/mol. The predicted octanol–water partition coefficient (Wildman–Crippen LogP) is 4.67. The number of anilines is 1. The van der Waals surface area contributed by atoms with Gasteiger partial charge in [-0.2, -0.15) is 0 Å². The Bertz CT molecular complexity index is 1100. The quantitative estimate of drug-likeness (QED) is 0.664. The number of hydrogen-bond donors (Lipinski definition) is 1. The maximum Gasteiger partial charge on any atom is 0.265 e. The van der Waals surface area contributed by atoms with Crippen molar-refractivity contribution in [2.75, 3.05) is 11.9 Å². The van der Waals surface area contributed by atoms with Crippen LogP contribution in [0.1, 0.15) is 18.5 Å². The topological polar surface area (TPSA) is 49.4 Å². The first kappa shape index (κ1) is 18.3. The molecule has 28 heavy (non-hydrogen) atoms. The lowest BCUT2D eigenvalue weighted by Crippen LogP contribution is -2.32. The highest BCUT2D eigenvalue weighted by Gasteiger charge is 2.27. The minimum absolute atomic E-state index is 0.170. The van der Waals surface area contributed by atoms with Crippen LogP contribution in [-0.4, -0.2) is 18.9 Å². The molecule has 0 radical (unpaired) electrons. The van der Waals surface area contributed by atoms with Crippen LogP contribution >= 0.6 is 11.8 Å². The summed E-state index contributed by atoms with van der Waals surface area (Å²) in [5.41, 5.74) is 1.91. The van der Waals surface area contributed by atoms with E-state index in [9.17, 15) is 9.59 Å². The summed E-state index contributed by atoms with van der Waals surface area (Å²) in [5, 5.41) is 5.24. The number of carbonyl (C=O) groups excluding carboxylic acids is 2. The summed E-state index contributed by atoms with van der Waals surface area (Å²) in [4.78, 5) is 28.2. The lowest BCUT2D eigenvalue weighted by atomic mass is 10.00. The summed E-state index contributed by atoms with van der Waals surface area (Å²) in [6.07, 6.45) is 1.40. The van der Waals surface area contributed by atoms with Crippen molar-refractivity contribution in [2.24, 2.45) is 0 Å². The van der Waals surface area contributed by atoms with E-state index in [1.807, 2.05) is 55.5 Å². The van der Waals surface area contributed by atoms with Crippen LogP contribution in [0.15, 0.2) is 82.6 Å². The third kappa shape index (κ3) is 3.41. The predicted molar refractivity (Wildman–Crippen MR) is 114 cm³/mol. The van der Waals surface area contributed by atoms with Crippen molar-refractivity contribution in [3.63, 3.8) is 0 Å². The van der Waals surface area contributed by atoms with Crippen LogP contribution in [-0.2, 0) is 9.59 Å². The molecule has 0 fully saturated rings. The molecule has 4 nitrogen and oxygen atoms in total. The highest BCUT2D eigenvalue weighted by molar-refractivity contribution is 8.04. The van der Waals surface area contributed by atoms with Crippen molar-refractivity contribution < 1.29 is 9.59 Å². The maximum atomic E-state index is 12.6. The second-order valence-electron chi connectivity index (χ2n) is 6.74. The Morgan fingerprint density at radius 1 is 1.04 bits per heavy atom. The highest BCUT2D eigenvalue weighted by atomic mass is 32.2. The molecule has 0 aliphatic carbocycles. The molecule has 2 amide bonds. The number of carbonyl (C=O) groups is 2. The molecule has 1 aliphatic rings. The van der Waals surface area contributed by atoms with Crippen LogP contribution in [0.25, 0.3) is 10.8 Å². The number of rotatable bonds is 3. The van der Waals surface area contributed by atoms with Crippen LogP contribution < -0.4 is 10.2 Å². The zero-order valence-electron chi connectivity index (χ0n) is 15.7. The molecule has 1 N–H and O–H groups in total. The number of likely N-dealkylation sites (N-methyl/N-ethyl adjacent to an activating group) is 1. The Morgan fingerprint density at radius 2 is 1.75 bits per heavy atom. The fourth-order valence-electron chi connectivity index (χ4n) is 3.43. The van der Waals surface area contributed by atoms with Gasteiger partial charge in [0.1, 0.15) is 0 Å². The number of thioether (sulfide) groups is 1. The van der Waals surface area contributed by atoms with Crippen LogP contribution in [0, 0.1) is 0 Å². The van der Waals surface area contributed by atoms with Crippen molar-refractivity contribution in [2.45, 2.75) is 17.9 Å². The van der Waals surface area contributed by atoms with Crippen molar-refractivity contribution >= 4 is 40.0 Å². The molecule has 5 heteroatoms. The van der Waals surface area contributed by atoms with E-state index in [0.717, 1.165) is 26.9 Å². The van der Waals surface area contributed by atoms with Gasteiger partial charge in [0.05, 0.1) is 16.6 Å². The molecule has 140 valence electrons. The van der Waals surface area contributed by atoms with Gasteiger partial charge in [0.15, 0.2) is 0 Å². The molecular formula is C23H20N2O2S. The van der Waals surface area contributed by atoms with E-state index in [1.165, 1.54) is 17.8 Å². The Labute approximate surface area is 168 Å². The van der Waals surface area contributed by atoms with Gasteiger partial charge in [-0.3, -0.25) is 9.59 Å². The normalized spacial score (nSPS) is 16.1. The van der Waals surface area contributed by atoms with Gasteiger partial charge in [-0.1, -0.05) is 66.4 Å². The molecule has 0 unspecified atom stereocenters. The molecule has 0 aromatic heterocycles. The van der Waals surface area contributed by atoms with Gasteiger partial charge in [-0.25, -0.2) is 0 Å². The molecular weight excluding hydrogens is 368 g/mol. The van der Waals surface area contributed by atoms with E-state index in [4.69, 9.17) is 0 Å². The second-order valence-corrected chi connectivity index (χ2v) is 7.82. The lowest BCUT2D eigenvalue weighted by molar-refractivity contribution is -0.118. The molecule has 3 aromatic rings. The van der Waals surface area contributed by atoms with E-state index in [1.54, 1.807) is 11.9 Å². The van der Waals surface area contributed by atoms with Gasteiger partial charge in [0, 0.05) is 18.0 Å². The largest absolute Gasteiger partial charge is 0.346 e. The van der Waals surface area contributed by atoms with E-state index in [-0.39, 0.29) is 17.9 Å². The summed E-state index contributed by atoms with van der Waals surface area (Å²) in [6.45, 7) is 1.95. The van der Waals surface area contributed by atoms with E-state index < -0.39 is 0 Å². The monoisotopic (exact) mass is 388 g/mol. The molecule has 1 heterocycles. The number of nitrogens with one attached hydrogen (secondary N) is 1. The first-order valence-electron chi connectivity index (χ1n) is 9.09. The van der Waals surface area contributed by atoms with Crippen LogP contribution in [0.4, 0.5) is 5.69 Å². The number of fused-ring (bicyclic) bond motifs is 2. The average Bonchev–Trinajstić information content (AvgIpc) is 2.71. The first-order chi connectivity index (χ1) is 13.5.